The van der Waals surface area contributed by atoms with E-state index in [9.17, 15) is 4.79 Å². The molecule has 0 radical (unpaired) electrons. The molecule has 84 valence electrons. The fraction of sp³-hybridized carbons (Fsp3) is 0.727. The van der Waals surface area contributed by atoms with Crippen LogP contribution in [0.1, 0.15) is 36.7 Å². The summed E-state index contributed by atoms with van der Waals surface area (Å²) in [6.45, 7) is 4.00. The van der Waals surface area contributed by atoms with E-state index in [1.165, 1.54) is 0 Å². The summed E-state index contributed by atoms with van der Waals surface area (Å²) in [5.41, 5.74) is 8.13. The number of imidazole rings is 1. The van der Waals surface area contributed by atoms with Gasteiger partial charge >= 0.3 is 5.69 Å². The molecule has 4 heteroatoms. The maximum Gasteiger partial charge on any atom is 0.328 e. The number of rotatable bonds is 1. The van der Waals surface area contributed by atoms with Crippen LogP contribution in [0.25, 0.3) is 0 Å². The van der Waals surface area contributed by atoms with Gasteiger partial charge in [0.25, 0.3) is 0 Å². The second-order valence-electron chi connectivity index (χ2n) is 4.61. The van der Waals surface area contributed by atoms with Gasteiger partial charge in [0.1, 0.15) is 0 Å². The molecule has 1 saturated carbocycles. The topological polar surface area (TPSA) is 52.9 Å². The van der Waals surface area contributed by atoms with Crippen LogP contribution in [-0.4, -0.2) is 15.2 Å². The second-order valence-corrected chi connectivity index (χ2v) is 4.61. The first-order valence-corrected chi connectivity index (χ1v) is 5.52. The van der Waals surface area contributed by atoms with Crippen molar-refractivity contribution in [3.63, 3.8) is 0 Å². The van der Waals surface area contributed by atoms with Crippen LogP contribution in [0, 0.1) is 13.8 Å². The van der Waals surface area contributed by atoms with Gasteiger partial charge in [-0.25, -0.2) is 4.79 Å². The zero-order chi connectivity index (χ0) is 11.2. The predicted molar refractivity (Wildman–Crippen MR) is 60.0 cm³/mol. The van der Waals surface area contributed by atoms with Crippen molar-refractivity contribution in [3.8, 4) is 0 Å². The quantitative estimate of drug-likeness (QED) is 0.745. The minimum Gasteiger partial charge on any atom is -0.328 e. The molecule has 2 rings (SSSR count). The van der Waals surface area contributed by atoms with E-state index in [-0.39, 0.29) is 11.7 Å². The van der Waals surface area contributed by atoms with E-state index in [4.69, 9.17) is 5.73 Å². The molecule has 1 fully saturated rings. The number of hydrogen-bond acceptors (Lipinski definition) is 2. The first-order chi connectivity index (χ1) is 7.02. The smallest absolute Gasteiger partial charge is 0.328 e. The highest BCUT2D eigenvalue weighted by molar-refractivity contribution is 5.12. The number of nitrogens with zero attached hydrogens (tertiary/aromatic N) is 2. The van der Waals surface area contributed by atoms with Gasteiger partial charge in [0.15, 0.2) is 0 Å². The van der Waals surface area contributed by atoms with Crippen LogP contribution < -0.4 is 11.4 Å². The zero-order valence-corrected chi connectivity index (χ0v) is 9.66. The van der Waals surface area contributed by atoms with Gasteiger partial charge in [-0.1, -0.05) is 0 Å². The summed E-state index contributed by atoms with van der Waals surface area (Å²) in [7, 11) is 1.83. The van der Waals surface area contributed by atoms with Gasteiger partial charge in [-0.3, -0.25) is 9.13 Å². The van der Waals surface area contributed by atoms with Gasteiger partial charge in [0.05, 0.1) is 0 Å². The van der Waals surface area contributed by atoms with E-state index in [1.807, 2.05) is 25.5 Å². The Balaban J connectivity index is 2.45. The number of hydrogen-bond donors (Lipinski definition) is 1. The molecule has 0 aliphatic heterocycles. The van der Waals surface area contributed by atoms with E-state index in [2.05, 4.69) is 0 Å². The Kier molecular flexibility index (Phi) is 2.46. The van der Waals surface area contributed by atoms with Crippen molar-refractivity contribution in [1.29, 1.82) is 0 Å². The third-order valence-electron chi connectivity index (χ3n) is 3.69. The van der Waals surface area contributed by atoms with Gasteiger partial charge in [-0.15, -0.1) is 0 Å². The average Bonchev–Trinajstić information content (AvgIpc) is 2.68. The van der Waals surface area contributed by atoms with E-state index in [0.29, 0.717) is 6.04 Å². The van der Waals surface area contributed by atoms with Crippen molar-refractivity contribution in [1.82, 2.24) is 9.13 Å². The summed E-state index contributed by atoms with van der Waals surface area (Å²) in [5, 5.41) is 0. The Morgan fingerprint density at radius 2 is 1.93 bits per heavy atom. The molecule has 2 unspecified atom stereocenters. The lowest BCUT2D eigenvalue weighted by atomic mass is 10.2. The van der Waals surface area contributed by atoms with E-state index in [0.717, 1.165) is 30.7 Å². The van der Waals surface area contributed by atoms with E-state index >= 15 is 0 Å². The van der Waals surface area contributed by atoms with E-state index in [1.54, 1.807) is 4.57 Å². The summed E-state index contributed by atoms with van der Waals surface area (Å²) in [6, 6.07) is 0.578. The molecule has 1 aromatic rings. The fourth-order valence-electron chi connectivity index (χ4n) is 2.52. The lowest BCUT2D eigenvalue weighted by Gasteiger charge is -2.12. The van der Waals surface area contributed by atoms with Crippen LogP contribution in [0.3, 0.4) is 0 Å². The minimum atomic E-state index is 0.101. The van der Waals surface area contributed by atoms with Crippen LogP contribution in [0.2, 0.25) is 0 Å². The summed E-state index contributed by atoms with van der Waals surface area (Å²) in [5.74, 6) is 0. The largest absolute Gasteiger partial charge is 0.328 e. The molecule has 4 nitrogen and oxygen atoms in total. The normalized spacial score (nSPS) is 26.1. The first-order valence-electron chi connectivity index (χ1n) is 5.52. The van der Waals surface area contributed by atoms with Gasteiger partial charge in [-0.05, 0) is 33.1 Å². The molecule has 0 spiro atoms. The van der Waals surface area contributed by atoms with Gasteiger partial charge in [-0.2, -0.15) is 0 Å². The Labute approximate surface area is 89.7 Å². The second kappa shape index (κ2) is 3.52. The molecule has 0 aromatic carbocycles. The number of nitrogens with two attached hydrogens (primary N) is 1. The minimum absolute atomic E-state index is 0.101. The van der Waals surface area contributed by atoms with Crippen LogP contribution in [-0.2, 0) is 7.05 Å². The summed E-state index contributed by atoms with van der Waals surface area (Å²) in [6.07, 6.45) is 3.00. The Hall–Kier alpha value is -1.03. The van der Waals surface area contributed by atoms with Crippen molar-refractivity contribution < 1.29 is 0 Å². The van der Waals surface area contributed by atoms with Crippen molar-refractivity contribution in [2.45, 2.75) is 45.2 Å². The summed E-state index contributed by atoms with van der Waals surface area (Å²) >= 11 is 0. The molecule has 0 saturated heterocycles. The average molecular weight is 209 g/mol. The third-order valence-corrected chi connectivity index (χ3v) is 3.69. The first kappa shape index (κ1) is 10.5. The molecule has 1 aromatic heterocycles. The van der Waals surface area contributed by atoms with Crippen LogP contribution in [0.15, 0.2) is 4.79 Å². The standard InChI is InChI=1S/C11H19N3O/c1-7-8(2)14(11(15)13(7)3)10-5-4-9(12)6-10/h9-10H,4-6,12H2,1-3H3. The lowest BCUT2D eigenvalue weighted by molar-refractivity contribution is 0.481. The highest BCUT2D eigenvalue weighted by Gasteiger charge is 2.26. The van der Waals surface area contributed by atoms with Crippen LogP contribution in [0.5, 0.6) is 0 Å². The zero-order valence-electron chi connectivity index (χ0n) is 9.66. The molecule has 15 heavy (non-hydrogen) atoms. The SMILES string of the molecule is Cc1c(C)n(C2CCC(N)C2)c(=O)n1C. The van der Waals surface area contributed by atoms with Crippen LogP contribution in [0.4, 0.5) is 0 Å². The van der Waals surface area contributed by atoms with Gasteiger partial charge in [0.2, 0.25) is 0 Å². The maximum absolute atomic E-state index is 12.0. The van der Waals surface area contributed by atoms with E-state index < -0.39 is 0 Å². The highest BCUT2D eigenvalue weighted by atomic mass is 16.1. The molecule has 2 N–H and O–H groups in total. The predicted octanol–water partition coefficient (Wildman–Crippen LogP) is 0.856. The molecule has 0 amide bonds. The molecular weight excluding hydrogens is 190 g/mol. The molecule has 0 bridgehead atoms. The van der Waals surface area contributed by atoms with Crippen molar-refractivity contribution in [2.24, 2.45) is 12.8 Å². The van der Waals surface area contributed by atoms with Crippen molar-refractivity contribution in [3.05, 3.63) is 21.9 Å². The fourth-order valence-corrected chi connectivity index (χ4v) is 2.52. The summed E-state index contributed by atoms with van der Waals surface area (Å²) < 4.78 is 3.64. The Morgan fingerprint density at radius 1 is 1.27 bits per heavy atom. The molecular formula is C11H19N3O. The summed E-state index contributed by atoms with van der Waals surface area (Å²) in [4.78, 5) is 12.0. The Morgan fingerprint density at radius 3 is 2.33 bits per heavy atom. The maximum atomic E-state index is 12.0. The highest BCUT2D eigenvalue weighted by Crippen LogP contribution is 2.29. The van der Waals surface area contributed by atoms with Crippen LogP contribution >= 0.6 is 0 Å². The van der Waals surface area contributed by atoms with Gasteiger partial charge in [0, 0.05) is 30.5 Å². The van der Waals surface area contributed by atoms with Crippen molar-refractivity contribution >= 4 is 0 Å². The molecule has 1 aliphatic rings. The molecule has 2 atom stereocenters. The lowest BCUT2D eigenvalue weighted by Crippen LogP contribution is -2.27. The monoisotopic (exact) mass is 209 g/mol. The van der Waals surface area contributed by atoms with Gasteiger partial charge < -0.3 is 5.73 Å². The van der Waals surface area contributed by atoms with Crippen molar-refractivity contribution in [2.75, 3.05) is 0 Å². The third kappa shape index (κ3) is 1.53. The Bertz CT molecular complexity index is 430. The molecule has 1 aliphatic carbocycles. The number of aromatic nitrogens is 2. The molecule has 1 heterocycles.